The Hall–Kier alpha value is -3.13. The molecule has 9 heteroatoms. The molecule has 0 radical (unpaired) electrons. The quantitative estimate of drug-likeness (QED) is 0.591. The fourth-order valence-corrected chi connectivity index (χ4v) is 2.67. The second-order valence-electron chi connectivity index (χ2n) is 5.91. The van der Waals surface area contributed by atoms with E-state index in [4.69, 9.17) is 5.11 Å². The molecule has 0 aliphatic heterocycles. The number of benzene rings is 1. The van der Waals surface area contributed by atoms with Crippen LogP contribution < -0.4 is 5.32 Å². The summed E-state index contributed by atoms with van der Waals surface area (Å²) in [5, 5.41) is 25.7. The number of aromatic hydroxyl groups is 1. The van der Waals surface area contributed by atoms with Gasteiger partial charge in [0.05, 0.1) is 0 Å². The molecular weight excluding hydrogens is 372 g/mol. The van der Waals surface area contributed by atoms with Crippen molar-refractivity contribution in [2.24, 2.45) is 0 Å². The Balaban J connectivity index is 0.00000261. The van der Waals surface area contributed by atoms with E-state index in [1.54, 1.807) is 0 Å². The maximum atomic E-state index is 12.4. The topological polar surface area (TPSA) is 117 Å². The third-order valence-electron chi connectivity index (χ3n) is 4.06. The zero-order valence-electron chi connectivity index (χ0n) is 14.5. The van der Waals surface area contributed by atoms with E-state index in [1.165, 1.54) is 23.8 Å². The summed E-state index contributed by atoms with van der Waals surface area (Å²) in [6.07, 6.45) is 2.61. The van der Waals surface area contributed by atoms with Crippen LogP contribution in [0.4, 0.5) is 0 Å². The molecule has 0 saturated carbocycles. The van der Waals surface area contributed by atoms with E-state index in [1.807, 2.05) is 30.3 Å². The lowest BCUT2D eigenvalue weighted by atomic mass is 10.1. The molecule has 27 heavy (non-hydrogen) atoms. The van der Waals surface area contributed by atoms with Gasteiger partial charge in [-0.2, -0.15) is 5.10 Å². The van der Waals surface area contributed by atoms with Gasteiger partial charge in [-0.25, -0.2) is 9.50 Å². The molecule has 3 rings (SSSR count). The second kappa shape index (κ2) is 8.50. The van der Waals surface area contributed by atoms with Crippen molar-refractivity contribution < 1.29 is 19.8 Å². The minimum atomic E-state index is -1.17. The molecule has 0 aliphatic rings. The van der Waals surface area contributed by atoms with Gasteiger partial charge in [-0.1, -0.05) is 30.3 Å². The molecule has 8 nitrogen and oxygen atoms in total. The van der Waals surface area contributed by atoms with Crippen LogP contribution in [-0.2, 0) is 17.6 Å². The number of hydrogen-bond acceptors (Lipinski definition) is 5. The Morgan fingerprint density at radius 2 is 1.93 bits per heavy atom. The summed E-state index contributed by atoms with van der Waals surface area (Å²) in [6, 6.07) is 10.2. The monoisotopic (exact) mass is 390 g/mol. The van der Waals surface area contributed by atoms with Crippen molar-refractivity contribution in [3.8, 4) is 5.75 Å². The van der Waals surface area contributed by atoms with Gasteiger partial charge < -0.3 is 15.5 Å². The summed E-state index contributed by atoms with van der Waals surface area (Å²) < 4.78 is 1.49. The fourth-order valence-electron chi connectivity index (χ4n) is 2.67. The van der Waals surface area contributed by atoms with E-state index in [2.05, 4.69) is 15.4 Å². The molecule has 0 spiro atoms. The van der Waals surface area contributed by atoms with Crippen LogP contribution in [0.25, 0.3) is 5.65 Å². The second-order valence-corrected chi connectivity index (χ2v) is 5.91. The molecule has 1 aromatic carbocycles. The largest absolute Gasteiger partial charge is 0.507 e. The van der Waals surface area contributed by atoms with Crippen LogP contribution in [0.5, 0.6) is 5.75 Å². The van der Waals surface area contributed by atoms with E-state index in [9.17, 15) is 14.7 Å². The Labute approximate surface area is 161 Å². The predicted octanol–water partition coefficient (Wildman–Crippen LogP) is 1.84. The molecule has 1 atom stereocenters. The smallest absolute Gasteiger partial charge is 0.325 e. The molecule has 2 heterocycles. The number of nitrogens with zero attached hydrogens (tertiary/aromatic N) is 3. The zero-order valence-corrected chi connectivity index (χ0v) is 15.3. The summed E-state index contributed by atoms with van der Waals surface area (Å²) in [5.41, 5.74) is 1.92. The molecule has 3 aromatic rings. The maximum Gasteiger partial charge on any atom is 0.325 e. The Kier molecular flexibility index (Phi) is 6.36. The van der Waals surface area contributed by atoms with Gasteiger partial charge in [0.1, 0.15) is 23.7 Å². The van der Waals surface area contributed by atoms with Crippen molar-refractivity contribution in [3.63, 3.8) is 0 Å². The summed E-state index contributed by atoms with van der Waals surface area (Å²) in [7, 11) is 0. The van der Waals surface area contributed by atoms with E-state index in [0.29, 0.717) is 12.1 Å². The fraction of sp³-hybridized carbons (Fsp3) is 0.222. The standard InChI is InChI=1S/C18H18N4O4.ClH/c1-11(18(25)26)21-17(24)15-14(23)9-13(22-16(15)19-10-20-22)8-7-12-5-3-2-4-6-12;/h2-6,9-11,23H,7-8H2,1H3,(H,21,24)(H,25,26);1H/t11-;/m1./s1. The normalized spacial score (nSPS) is 11.6. The Morgan fingerprint density at radius 3 is 2.59 bits per heavy atom. The minimum absolute atomic E-state index is 0. The molecule has 3 N–H and O–H groups in total. The number of aromatic nitrogens is 3. The van der Waals surface area contributed by atoms with Crippen LogP contribution in [0.2, 0.25) is 0 Å². The van der Waals surface area contributed by atoms with E-state index >= 15 is 0 Å². The molecule has 2 aromatic heterocycles. The molecule has 0 saturated heterocycles. The first-order chi connectivity index (χ1) is 12.5. The van der Waals surface area contributed by atoms with Crippen molar-refractivity contribution in [2.75, 3.05) is 0 Å². The van der Waals surface area contributed by atoms with Crippen molar-refractivity contribution in [1.82, 2.24) is 19.9 Å². The highest BCUT2D eigenvalue weighted by molar-refractivity contribution is 6.03. The van der Waals surface area contributed by atoms with Crippen molar-refractivity contribution in [2.45, 2.75) is 25.8 Å². The van der Waals surface area contributed by atoms with E-state index in [0.717, 1.165) is 12.0 Å². The van der Waals surface area contributed by atoms with Crippen LogP contribution in [0.15, 0.2) is 42.7 Å². The first-order valence-corrected chi connectivity index (χ1v) is 8.09. The molecule has 0 fully saturated rings. The number of carboxylic acids is 1. The van der Waals surface area contributed by atoms with Gasteiger partial charge in [0.15, 0.2) is 5.65 Å². The van der Waals surface area contributed by atoms with Crippen molar-refractivity contribution in [3.05, 3.63) is 59.5 Å². The first-order valence-electron chi connectivity index (χ1n) is 8.09. The number of pyridine rings is 1. The zero-order chi connectivity index (χ0) is 18.7. The number of rotatable bonds is 6. The molecule has 0 unspecified atom stereocenters. The molecule has 1 amide bonds. The number of carboxylic acid groups (broad SMARTS) is 1. The third kappa shape index (κ3) is 4.35. The van der Waals surface area contributed by atoms with Gasteiger partial charge in [-0.05, 0) is 25.3 Å². The number of amides is 1. The van der Waals surface area contributed by atoms with Gasteiger partial charge in [0.25, 0.3) is 5.91 Å². The molecule has 0 aliphatic carbocycles. The van der Waals surface area contributed by atoms with Crippen molar-refractivity contribution >= 4 is 29.9 Å². The number of halogens is 1. The highest BCUT2D eigenvalue weighted by Gasteiger charge is 2.23. The van der Waals surface area contributed by atoms with Crippen LogP contribution in [0.1, 0.15) is 28.5 Å². The van der Waals surface area contributed by atoms with Gasteiger partial charge in [0, 0.05) is 11.8 Å². The first kappa shape index (κ1) is 20.2. The third-order valence-corrected chi connectivity index (χ3v) is 4.06. The summed E-state index contributed by atoms with van der Waals surface area (Å²) in [5.74, 6) is -2.15. The lowest BCUT2D eigenvalue weighted by Gasteiger charge is -2.13. The lowest BCUT2D eigenvalue weighted by molar-refractivity contribution is -0.138. The average Bonchev–Trinajstić information content (AvgIpc) is 3.09. The van der Waals surface area contributed by atoms with E-state index in [-0.39, 0.29) is 29.4 Å². The number of carbonyl (C=O) groups is 2. The summed E-state index contributed by atoms with van der Waals surface area (Å²) in [6.45, 7) is 1.34. The number of aliphatic carboxylic acids is 1. The average molecular weight is 391 g/mol. The van der Waals surface area contributed by atoms with E-state index < -0.39 is 17.9 Å². The number of nitrogens with one attached hydrogen (secondary N) is 1. The number of aryl methyl sites for hydroxylation is 2. The molecular formula is C18H19ClN4O4. The maximum absolute atomic E-state index is 12.4. The Bertz CT molecular complexity index is 959. The van der Waals surface area contributed by atoms with Crippen LogP contribution in [0, 0.1) is 0 Å². The Morgan fingerprint density at radius 1 is 1.22 bits per heavy atom. The number of fused-ring (bicyclic) bond motifs is 1. The van der Waals surface area contributed by atoms with Crippen molar-refractivity contribution in [1.29, 1.82) is 0 Å². The van der Waals surface area contributed by atoms with Gasteiger partial charge in [0.2, 0.25) is 0 Å². The van der Waals surface area contributed by atoms with Crippen LogP contribution >= 0.6 is 12.4 Å². The van der Waals surface area contributed by atoms with Crippen LogP contribution in [0.3, 0.4) is 0 Å². The highest BCUT2D eigenvalue weighted by atomic mass is 35.5. The summed E-state index contributed by atoms with van der Waals surface area (Å²) >= 11 is 0. The van der Waals surface area contributed by atoms with Crippen LogP contribution in [-0.4, -0.2) is 42.7 Å². The van der Waals surface area contributed by atoms with Gasteiger partial charge >= 0.3 is 5.97 Å². The SMILES string of the molecule is C[C@@H](NC(=O)c1c(O)cc(CCc2ccccc2)n2ncnc12)C(=O)O.Cl. The number of carbonyl (C=O) groups excluding carboxylic acids is 1. The minimum Gasteiger partial charge on any atom is -0.507 e. The highest BCUT2D eigenvalue weighted by Crippen LogP contribution is 2.24. The van der Waals surface area contributed by atoms with Gasteiger partial charge in [-0.3, -0.25) is 9.59 Å². The van der Waals surface area contributed by atoms with Gasteiger partial charge in [-0.15, -0.1) is 12.4 Å². The summed E-state index contributed by atoms with van der Waals surface area (Å²) in [4.78, 5) is 27.3. The lowest BCUT2D eigenvalue weighted by Crippen LogP contribution is -2.38. The predicted molar refractivity (Wildman–Crippen MR) is 100 cm³/mol. The molecule has 142 valence electrons. The number of hydrogen-bond donors (Lipinski definition) is 3. The molecule has 0 bridgehead atoms.